The molecule has 1 N–H and O–H groups in total. The number of hydrogen-bond donors (Lipinski definition) is 1. The number of rotatable bonds is 5. The van der Waals surface area contributed by atoms with Crippen LogP contribution in [0.3, 0.4) is 0 Å². The molecule has 0 bridgehead atoms. The van der Waals surface area contributed by atoms with E-state index in [9.17, 15) is 35.2 Å². The van der Waals surface area contributed by atoms with Crippen molar-refractivity contribution in [1.29, 1.82) is 0 Å². The maximum atomic E-state index is 13.4. The topological polar surface area (TPSA) is 63.2 Å². The summed E-state index contributed by atoms with van der Waals surface area (Å²) in [6.45, 7) is 2.16. The maximum Gasteiger partial charge on any atom is 0.392 e. The van der Waals surface area contributed by atoms with Crippen LogP contribution in [0.5, 0.6) is 0 Å². The number of nitrogens with one attached hydrogen (secondary N) is 1. The van der Waals surface area contributed by atoms with Crippen molar-refractivity contribution in [2.24, 2.45) is 5.92 Å². The number of carbonyl (C=O) groups excluding carboxylic acids is 1. The van der Waals surface area contributed by atoms with E-state index in [1.807, 2.05) is 0 Å². The summed E-state index contributed by atoms with van der Waals surface area (Å²) in [7, 11) is -4.28. The van der Waals surface area contributed by atoms with E-state index in [4.69, 9.17) is 11.6 Å². The first-order valence-corrected chi connectivity index (χ1v) is 10.4. The van der Waals surface area contributed by atoms with Crippen LogP contribution in [-0.2, 0) is 9.84 Å². The number of anilines is 1. The SMILES string of the molecule is Cc1sc(S(=O)(=O)C[C@@H](C)C(F)(F)F)cc1C(=O)Nc1cc(F)c(F)c(Cl)c1.S. The van der Waals surface area contributed by atoms with Gasteiger partial charge < -0.3 is 5.32 Å². The summed E-state index contributed by atoms with van der Waals surface area (Å²) in [6.07, 6.45) is -4.68. The molecule has 4 nitrogen and oxygen atoms in total. The molecule has 1 aromatic carbocycles. The van der Waals surface area contributed by atoms with Crippen molar-refractivity contribution in [2.45, 2.75) is 24.2 Å². The summed E-state index contributed by atoms with van der Waals surface area (Å²) in [5, 5.41) is 1.67. The van der Waals surface area contributed by atoms with E-state index in [-0.39, 0.29) is 29.6 Å². The molecular formula is C16H15ClF5NO3S3. The van der Waals surface area contributed by atoms with E-state index in [0.717, 1.165) is 19.1 Å². The lowest BCUT2D eigenvalue weighted by molar-refractivity contribution is -0.163. The van der Waals surface area contributed by atoms with Gasteiger partial charge in [0.1, 0.15) is 4.21 Å². The fourth-order valence-corrected chi connectivity index (χ4v) is 5.51. The highest BCUT2D eigenvalue weighted by Crippen LogP contribution is 2.32. The molecule has 0 aliphatic heterocycles. The number of aryl methyl sites for hydroxylation is 1. The minimum atomic E-state index is -4.68. The van der Waals surface area contributed by atoms with Crippen molar-refractivity contribution < 1.29 is 35.2 Å². The molecule has 0 saturated carbocycles. The average Bonchev–Trinajstić information content (AvgIpc) is 2.94. The third-order valence-electron chi connectivity index (χ3n) is 3.72. The Bertz CT molecular complexity index is 998. The van der Waals surface area contributed by atoms with Gasteiger partial charge in [0.2, 0.25) is 0 Å². The minimum absolute atomic E-state index is 0. The first-order chi connectivity index (χ1) is 12.7. The maximum absolute atomic E-state index is 13.4. The van der Waals surface area contributed by atoms with E-state index in [1.54, 1.807) is 0 Å². The van der Waals surface area contributed by atoms with Crippen LogP contribution in [0.2, 0.25) is 5.02 Å². The van der Waals surface area contributed by atoms with Gasteiger partial charge >= 0.3 is 6.18 Å². The molecule has 0 unspecified atom stereocenters. The van der Waals surface area contributed by atoms with Gasteiger partial charge in [-0.1, -0.05) is 18.5 Å². The normalized spacial score (nSPS) is 13.0. The second-order valence-corrected chi connectivity index (χ2v) is 9.89. The number of alkyl halides is 3. The molecule has 13 heteroatoms. The predicted octanol–water partition coefficient (Wildman–Crippen LogP) is 5.33. The molecule has 2 rings (SSSR count). The molecule has 0 saturated heterocycles. The van der Waals surface area contributed by atoms with Crippen molar-refractivity contribution in [3.63, 3.8) is 0 Å². The highest BCUT2D eigenvalue weighted by atomic mass is 35.5. The van der Waals surface area contributed by atoms with Crippen molar-refractivity contribution in [3.8, 4) is 0 Å². The standard InChI is InChI=1S/C16H13ClF5NO3S2.H2S/c1-7(16(20,21)22)6-28(25,26)13-5-10(8(2)27-13)15(24)23-9-3-11(17)14(19)12(18)4-9;/h3-5,7H,6H2,1-2H3,(H,23,24);1H2/t7-;/m1./s1. The van der Waals surface area contributed by atoms with Gasteiger partial charge in [0.05, 0.1) is 22.3 Å². The summed E-state index contributed by atoms with van der Waals surface area (Å²) in [4.78, 5) is 12.6. The molecule has 0 spiro atoms. The van der Waals surface area contributed by atoms with Gasteiger partial charge in [0.15, 0.2) is 21.5 Å². The van der Waals surface area contributed by atoms with Gasteiger partial charge in [-0.3, -0.25) is 4.79 Å². The highest BCUT2D eigenvalue weighted by molar-refractivity contribution is 7.93. The third kappa shape index (κ3) is 6.06. The number of benzene rings is 1. The summed E-state index contributed by atoms with van der Waals surface area (Å²) in [5.41, 5.74) is -0.293. The molecule has 0 fully saturated rings. The number of halogens is 6. The van der Waals surface area contributed by atoms with Gasteiger partial charge in [0, 0.05) is 16.6 Å². The Hall–Kier alpha value is -1.37. The average molecular weight is 496 g/mol. The van der Waals surface area contributed by atoms with Crippen LogP contribution >= 0.6 is 36.4 Å². The summed E-state index contributed by atoms with van der Waals surface area (Å²) in [5.74, 6) is -6.67. The molecule has 29 heavy (non-hydrogen) atoms. The van der Waals surface area contributed by atoms with E-state index >= 15 is 0 Å². The van der Waals surface area contributed by atoms with Gasteiger partial charge in [-0.2, -0.15) is 26.7 Å². The molecule has 0 aliphatic carbocycles. The zero-order valence-electron chi connectivity index (χ0n) is 14.8. The van der Waals surface area contributed by atoms with Crippen molar-refractivity contribution in [2.75, 3.05) is 11.1 Å². The molecule has 1 aromatic heterocycles. The molecule has 2 aromatic rings. The van der Waals surface area contributed by atoms with Crippen LogP contribution in [0.25, 0.3) is 0 Å². The molecule has 1 heterocycles. The molecule has 162 valence electrons. The van der Waals surface area contributed by atoms with Crippen LogP contribution in [0, 0.1) is 24.5 Å². The quantitative estimate of drug-likeness (QED) is 0.451. The Labute approximate surface area is 179 Å². The zero-order chi connectivity index (χ0) is 21.4. The lowest BCUT2D eigenvalue weighted by Gasteiger charge is -2.14. The lowest BCUT2D eigenvalue weighted by atomic mass is 10.2. The third-order valence-corrected chi connectivity index (χ3v) is 7.52. The Kier molecular flexibility index (Phi) is 8.13. The van der Waals surface area contributed by atoms with E-state index in [2.05, 4.69) is 5.32 Å². The number of hydrogen-bond acceptors (Lipinski definition) is 4. The van der Waals surface area contributed by atoms with Crippen LogP contribution in [0.15, 0.2) is 22.4 Å². The number of amides is 1. The molecule has 1 amide bonds. The van der Waals surface area contributed by atoms with Gasteiger partial charge in [-0.15, -0.1) is 11.3 Å². The Morgan fingerprint density at radius 3 is 2.34 bits per heavy atom. The van der Waals surface area contributed by atoms with Crippen LogP contribution < -0.4 is 5.32 Å². The second-order valence-electron chi connectivity index (χ2n) is 5.97. The van der Waals surface area contributed by atoms with Crippen molar-refractivity contribution in [3.05, 3.63) is 45.3 Å². The number of sulfone groups is 1. The molecular weight excluding hydrogens is 481 g/mol. The van der Waals surface area contributed by atoms with E-state index < -0.39 is 54.5 Å². The summed E-state index contributed by atoms with van der Waals surface area (Å²) < 4.78 is 88.6. The number of thiophene rings is 1. The van der Waals surface area contributed by atoms with Crippen LogP contribution in [0.4, 0.5) is 27.6 Å². The summed E-state index contributed by atoms with van der Waals surface area (Å²) >= 11 is 6.14. The zero-order valence-corrected chi connectivity index (χ0v) is 18.2. The molecule has 0 radical (unpaired) electrons. The minimum Gasteiger partial charge on any atom is -0.322 e. The first-order valence-electron chi connectivity index (χ1n) is 7.58. The fourth-order valence-electron chi connectivity index (χ4n) is 2.17. The largest absolute Gasteiger partial charge is 0.392 e. The molecule has 1 atom stereocenters. The summed E-state index contributed by atoms with van der Waals surface area (Å²) in [6, 6.07) is 2.60. The second kappa shape index (κ2) is 9.19. The van der Waals surface area contributed by atoms with Gasteiger partial charge in [0.25, 0.3) is 5.91 Å². The molecule has 0 aliphatic rings. The smallest absolute Gasteiger partial charge is 0.322 e. The van der Waals surface area contributed by atoms with E-state index in [1.165, 1.54) is 6.92 Å². The van der Waals surface area contributed by atoms with Gasteiger partial charge in [-0.05, 0) is 19.1 Å². The van der Waals surface area contributed by atoms with Crippen LogP contribution in [-0.4, -0.2) is 26.3 Å². The Balaban J connectivity index is 0.00000420. The lowest BCUT2D eigenvalue weighted by Crippen LogP contribution is -2.27. The van der Waals surface area contributed by atoms with E-state index in [0.29, 0.717) is 17.4 Å². The Morgan fingerprint density at radius 2 is 1.83 bits per heavy atom. The van der Waals surface area contributed by atoms with Gasteiger partial charge in [-0.25, -0.2) is 17.2 Å². The monoisotopic (exact) mass is 495 g/mol. The van der Waals surface area contributed by atoms with Crippen molar-refractivity contribution in [1.82, 2.24) is 0 Å². The highest BCUT2D eigenvalue weighted by Gasteiger charge is 2.39. The predicted molar refractivity (Wildman–Crippen MR) is 106 cm³/mol. The fraction of sp³-hybridized carbons (Fsp3) is 0.312. The first kappa shape index (κ1) is 25.7. The van der Waals surface area contributed by atoms with Crippen LogP contribution in [0.1, 0.15) is 22.2 Å². The van der Waals surface area contributed by atoms with Crippen molar-refractivity contribution >= 4 is 57.9 Å². The Morgan fingerprint density at radius 1 is 1.24 bits per heavy atom. The number of carbonyl (C=O) groups is 1.